The molecular weight excluding hydrogens is 387 g/mol. The van der Waals surface area contributed by atoms with Crippen LogP contribution in [0.25, 0.3) is 16.7 Å². The van der Waals surface area contributed by atoms with Crippen LogP contribution in [0.4, 0.5) is 4.39 Å². The summed E-state index contributed by atoms with van der Waals surface area (Å²) in [5.41, 5.74) is 2.92. The Hall–Kier alpha value is -3.87. The summed E-state index contributed by atoms with van der Waals surface area (Å²) in [6.45, 7) is -0.0340. The number of aromatic nitrogens is 2. The standard InChI is InChI=1S/C23H19FN2O4/c1-29-18-9-3-15(4-10-18)22(27)14-26-19-11-12-25(17-7-5-16(24)6-8-17)20(19)13-21(26)23(28)30-2/h3-13H,14H2,1-2H3. The molecule has 0 saturated heterocycles. The number of ether oxygens (including phenoxy) is 2. The molecule has 0 bridgehead atoms. The number of hydrogen-bond acceptors (Lipinski definition) is 4. The van der Waals surface area contributed by atoms with Crippen LogP contribution in [-0.4, -0.2) is 35.1 Å². The van der Waals surface area contributed by atoms with Crippen LogP contribution in [0.3, 0.4) is 0 Å². The zero-order chi connectivity index (χ0) is 21.3. The molecule has 0 radical (unpaired) electrons. The van der Waals surface area contributed by atoms with Crippen molar-refractivity contribution in [2.75, 3.05) is 14.2 Å². The van der Waals surface area contributed by atoms with Gasteiger partial charge in [-0.15, -0.1) is 0 Å². The summed E-state index contributed by atoms with van der Waals surface area (Å²) in [4.78, 5) is 25.2. The van der Waals surface area contributed by atoms with Crippen molar-refractivity contribution >= 4 is 22.8 Å². The van der Waals surface area contributed by atoms with Gasteiger partial charge < -0.3 is 18.6 Å². The zero-order valence-electron chi connectivity index (χ0n) is 16.5. The molecule has 4 aromatic rings. The topological polar surface area (TPSA) is 62.5 Å². The third-order valence-corrected chi connectivity index (χ3v) is 4.97. The Kier molecular flexibility index (Phi) is 5.10. The van der Waals surface area contributed by atoms with Gasteiger partial charge in [0.15, 0.2) is 5.78 Å². The number of benzene rings is 2. The van der Waals surface area contributed by atoms with Gasteiger partial charge in [-0.1, -0.05) is 0 Å². The van der Waals surface area contributed by atoms with Crippen LogP contribution in [0.1, 0.15) is 20.8 Å². The van der Waals surface area contributed by atoms with Crippen molar-refractivity contribution in [1.29, 1.82) is 0 Å². The molecule has 2 heterocycles. The Morgan fingerprint density at radius 3 is 2.27 bits per heavy atom. The largest absolute Gasteiger partial charge is 0.497 e. The number of fused-ring (bicyclic) bond motifs is 1. The lowest BCUT2D eigenvalue weighted by Gasteiger charge is -2.08. The fraction of sp³-hybridized carbons (Fsp3) is 0.130. The number of methoxy groups -OCH3 is 2. The number of carbonyl (C=O) groups excluding carboxylic acids is 2. The van der Waals surface area contributed by atoms with Gasteiger partial charge in [0, 0.05) is 17.4 Å². The van der Waals surface area contributed by atoms with Crippen LogP contribution in [0, 0.1) is 5.82 Å². The first-order valence-electron chi connectivity index (χ1n) is 9.24. The number of carbonyl (C=O) groups is 2. The molecule has 152 valence electrons. The van der Waals surface area contributed by atoms with Gasteiger partial charge in [-0.25, -0.2) is 9.18 Å². The first-order valence-corrected chi connectivity index (χ1v) is 9.24. The summed E-state index contributed by atoms with van der Waals surface area (Å²) < 4.78 is 26.8. The molecule has 0 saturated carbocycles. The lowest BCUT2D eigenvalue weighted by Crippen LogP contribution is -2.16. The summed E-state index contributed by atoms with van der Waals surface area (Å²) in [5, 5.41) is 0. The van der Waals surface area contributed by atoms with Gasteiger partial charge in [0.05, 0.1) is 31.8 Å². The smallest absolute Gasteiger partial charge is 0.354 e. The maximum atomic E-state index is 13.3. The molecule has 0 aliphatic carbocycles. The average Bonchev–Trinajstić information content (AvgIpc) is 3.34. The van der Waals surface area contributed by atoms with Crippen LogP contribution in [-0.2, 0) is 11.3 Å². The van der Waals surface area contributed by atoms with Crippen LogP contribution in [0.15, 0.2) is 66.9 Å². The summed E-state index contributed by atoms with van der Waals surface area (Å²) in [5.74, 6) is -0.379. The summed E-state index contributed by atoms with van der Waals surface area (Å²) >= 11 is 0. The minimum absolute atomic E-state index is 0.0340. The minimum atomic E-state index is -0.542. The first-order chi connectivity index (χ1) is 14.5. The second-order valence-corrected chi connectivity index (χ2v) is 6.69. The molecule has 2 aromatic heterocycles. The first kappa shape index (κ1) is 19.4. The second-order valence-electron chi connectivity index (χ2n) is 6.69. The van der Waals surface area contributed by atoms with E-state index in [9.17, 15) is 14.0 Å². The molecule has 0 aliphatic heterocycles. The third-order valence-electron chi connectivity index (χ3n) is 4.97. The molecular formula is C23H19FN2O4. The third kappa shape index (κ3) is 3.45. The Bertz CT molecular complexity index is 1220. The Morgan fingerprint density at radius 1 is 0.933 bits per heavy atom. The second kappa shape index (κ2) is 7.87. The Labute approximate surface area is 172 Å². The van der Waals surface area contributed by atoms with E-state index in [1.807, 2.05) is 16.8 Å². The zero-order valence-corrected chi connectivity index (χ0v) is 16.5. The highest BCUT2D eigenvalue weighted by atomic mass is 19.1. The number of nitrogens with zero attached hydrogens (tertiary/aromatic N) is 2. The van der Waals surface area contributed by atoms with Crippen LogP contribution < -0.4 is 4.74 Å². The van der Waals surface area contributed by atoms with Gasteiger partial charge in [0.1, 0.15) is 17.3 Å². The van der Waals surface area contributed by atoms with Crippen molar-refractivity contribution < 1.29 is 23.5 Å². The van der Waals surface area contributed by atoms with Crippen molar-refractivity contribution in [1.82, 2.24) is 9.13 Å². The van der Waals surface area contributed by atoms with E-state index in [1.165, 1.54) is 19.2 Å². The number of Topliss-reactive ketones (excluding diaryl/α,β-unsaturated/α-hetero) is 1. The number of esters is 1. The van der Waals surface area contributed by atoms with Crippen molar-refractivity contribution in [2.24, 2.45) is 0 Å². The van der Waals surface area contributed by atoms with Crippen LogP contribution >= 0.6 is 0 Å². The van der Waals surface area contributed by atoms with Crippen molar-refractivity contribution in [3.63, 3.8) is 0 Å². The monoisotopic (exact) mass is 406 g/mol. The van der Waals surface area contributed by atoms with Gasteiger partial charge in [0.25, 0.3) is 0 Å². The van der Waals surface area contributed by atoms with Gasteiger partial charge in [-0.2, -0.15) is 0 Å². The summed E-state index contributed by atoms with van der Waals surface area (Å²) in [7, 11) is 2.85. The van der Waals surface area contributed by atoms with Gasteiger partial charge in [-0.05, 0) is 60.7 Å². The summed E-state index contributed by atoms with van der Waals surface area (Å²) in [6, 6.07) is 16.3. The average molecular weight is 406 g/mol. The number of rotatable bonds is 6. The van der Waals surface area contributed by atoms with Crippen molar-refractivity contribution in [3.05, 3.63) is 83.9 Å². The quantitative estimate of drug-likeness (QED) is 0.355. The molecule has 6 nitrogen and oxygen atoms in total. The van der Waals surface area contributed by atoms with E-state index in [0.29, 0.717) is 22.3 Å². The lowest BCUT2D eigenvalue weighted by molar-refractivity contribution is 0.0589. The van der Waals surface area contributed by atoms with Gasteiger partial charge in [-0.3, -0.25) is 4.79 Å². The summed E-state index contributed by atoms with van der Waals surface area (Å²) in [6.07, 6.45) is 1.81. The van der Waals surface area contributed by atoms with E-state index in [1.54, 1.807) is 54.1 Å². The molecule has 7 heteroatoms. The van der Waals surface area contributed by atoms with Crippen molar-refractivity contribution in [2.45, 2.75) is 6.54 Å². The predicted molar refractivity (Wildman–Crippen MR) is 110 cm³/mol. The highest BCUT2D eigenvalue weighted by Gasteiger charge is 2.21. The van der Waals surface area contributed by atoms with E-state index in [-0.39, 0.29) is 23.8 Å². The fourth-order valence-corrected chi connectivity index (χ4v) is 3.43. The molecule has 2 aromatic carbocycles. The normalized spacial score (nSPS) is 10.9. The minimum Gasteiger partial charge on any atom is -0.497 e. The molecule has 0 spiro atoms. The maximum Gasteiger partial charge on any atom is 0.354 e. The van der Waals surface area contributed by atoms with E-state index < -0.39 is 5.97 Å². The molecule has 0 aliphatic rings. The molecule has 0 N–H and O–H groups in total. The Balaban J connectivity index is 1.76. The van der Waals surface area contributed by atoms with Crippen LogP contribution in [0.5, 0.6) is 5.75 Å². The lowest BCUT2D eigenvalue weighted by atomic mass is 10.1. The SMILES string of the molecule is COC(=O)c1cc2c(ccn2-c2ccc(F)cc2)n1CC(=O)c1ccc(OC)cc1. The van der Waals surface area contributed by atoms with E-state index >= 15 is 0 Å². The number of halogens is 1. The van der Waals surface area contributed by atoms with E-state index in [0.717, 1.165) is 5.69 Å². The molecule has 0 unspecified atom stereocenters. The molecule has 30 heavy (non-hydrogen) atoms. The highest BCUT2D eigenvalue weighted by Crippen LogP contribution is 2.26. The van der Waals surface area contributed by atoms with Crippen LogP contribution in [0.2, 0.25) is 0 Å². The molecule has 0 amide bonds. The number of hydrogen-bond donors (Lipinski definition) is 0. The predicted octanol–water partition coefficient (Wildman–Crippen LogP) is 4.25. The van der Waals surface area contributed by atoms with Gasteiger partial charge in [0.2, 0.25) is 0 Å². The van der Waals surface area contributed by atoms with E-state index in [2.05, 4.69) is 0 Å². The molecule has 0 atom stereocenters. The highest BCUT2D eigenvalue weighted by molar-refractivity contribution is 6.00. The fourth-order valence-electron chi connectivity index (χ4n) is 3.43. The number of ketones is 1. The van der Waals surface area contributed by atoms with E-state index in [4.69, 9.17) is 9.47 Å². The molecule has 4 rings (SSSR count). The maximum absolute atomic E-state index is 13.3. The van der Waals surface area contributed by atoms with Crippen molar-refractivity contribution in [3.8, 4) is 11.4 Å². The Morgan fingerprint density at radius 2 is 1.63 bits per heavy atom. The molecule has 0 fully saturated rings. The van der Waals surface area contributed by atoms with Gasteiger partial charge >= 0.3 is 5.97 Å².